The Kier molecular flexibility index (Phi) is 5.80. The molecule has 0 unspecified atom stereocenters. The van der Waals surface area contributed by atoms with E-state index in [1.807, 2.05) is 49.4 Å². The molecule has 3 aromatic rings. The van der Waals surface area contributed by atoms with Crippen LogP contribution < -0.4 is 16.0 Å². The molecule has 1 atom stereocenters. The molecule has 32 heavy (non-hydrogen) atoms. The molecule has 0 saturated carbocycles. The third kappa shape index (κ3) is 4.47. The van der Waals surface area contributed by atoms with Crippen LogP contribution >= 0.6 is 11.5 Å². The van der Waals surface area contributed by atoms with E-state index < -0.39 is 0 Å². The molecular formula is C24H27N5O2S. The van der Waals surface area contributed by atoms with Crippen LogP contribution in [0.15, 0.2) is 42.5 Å². The molecule has 0 spiro atoms. The molecule has 0 aliphatic carbocycles. The van der Waals surface area contributed by atoms with Crippen LogP contribution in [0, 0.1) is 12.8 Å². The van der Waals surface area contributed by atoms with Crippen molar-refractivity contribution in [1.29, 1.82) is 0 Å². The topological polar surface area (TPSA) is 86.4 Å². The van der Waals surface area contributed by atoms with Gasteiger partial charge < -0.3 is 20.9 Å². The summed E-state index contributed by atoms with van der Waals surface area (Å²) < 4.78 is 4.45. The monoisotopic (exact) mass is 449 g/mol. The predicted octanol–water partition coefficient (Wildman–Crippen LogP) is 3.75. The first-order valence-corrected chi connectivity index (χ1v) is 11.9. The molecule has 3 N–H and O–H groups in total. The Morgan fingerprint density at radius 3 is 2.62 bits per heavy atom. The van der Waals surface area contributed by atoms with Crippen molar-refractivity contribution in [3.05, 3.63) is 58.5 Å². The van der Waals surface area contributed by atoms with Crippen LogP contribution in [-0.4, -0.2) is 46.9 Å². The summed E-state index contributed by atoms with van der Waals surface area (Å²) >= 11 is 1.21. The van der Waals surface area contributed by atoms with E-state index in [1.54, 1.807) is 0 Å². The van der Waals surface area contributed by atoms with Crippen molar-refractivity contribution in [2.75, 3.05) is 25.0 Å². The number of piperidine rings is 3. The van der Waals surface area contributed by atoms with Crippen LogP contribution in [0.25, 0.3) is 10.9 Å². The molecule has 0 radical (unpaired) electrons. The Balaban J connectivity index is 1.21. The standard InChI is InChI=1S/C24H27N5O2S/c1-15-2-4-16(5-3-15)13-25-24(31)26-18-6-7-19-20(12-18)28-32-22(19)23(30)27-21-14-29-10-8-17(21)9-11-29/h2-7,12,17,21H,8-11,13-14H2,1H3,(H,27,30)(H2,25,26,31)/t21-/m0/s1. The molecule has 2 bridgehead atoms. The lowest BCUT2D eigenvalue weighted by Crippen LogP contribution is -2.57. The van der Waals surface area contributed by atoms with Crippen molar-refractivity contribution >= 4 is 40.1 Å². The van der Waals surface area contributed by atoms with Gasteiger partial charge in [0.15, 0.2) is 0 Å². The Hall–Kier alpha value is -2.97. The van der Waals surface area contributed by atoms with Crippen LogP contribution in [-0.2, 0) is 6.54 Å². The maximum atomic E-state index is 12.9. The van der Waals surface area contributed by atoms with Gasteiger partial charge >= 0.3 is 6.03 Å². The first-order chi connectivity index (χ1) is 15.5. The molecule has 2 aromatic carbocycles. The van der Waals surface area contributed by atoms with Crippen LogP contribution in [0.3, 0.4) is 0 Å². The zero-order valence-electron chi connectivity index (χ0n) is 18.1. The highest BCUT2D eigenvalue weighted by atomic mass is 32.1. The molecule has 4 heterocycles. The SMILES string of the molecule is Cc1ccc(CNC(=O)Nc2ccc3c(C(=O)N[C@H]4CN5CCC4CC5)snc3c2)cc1. The first-order valence-electron chi connectivity index (χ1n) is 11.1. The van der Waals surface area contributed by atoms with Gasteiger partial charge in [0, 0.05) is 30.2 Å². The second-order valence-electron chi connectivity index (χ2n) is 8.75. The highest BCUT2D eigenvalue weighted by Crippen LogP contribution is 2.29. The average molecular weight is 450 g/mol. The Morgan fingerprint density at radius 1 is 1.12 bits per heavy atom. The number of aromatic nitrogens is 1. The van der Waals surface area contributed by atoms with E-state index in [9.17, 15) is 9.59 Å². The van der Waals surface area contributed by atoms with Crippen LogP contribution in [0.2, 0.25) is 0 Å². The van der Waals surface area contributed by atoms with Gasteiger partial charge in [0.2, 0.25) is 0 Å². The van der Waals surface area contributed by atoms with Crippen molar-refractivity contribution in [2.24, 2.45) is 5.92 Å². The maximum Gasteiger partial charge on any atom is 0.319 e. The summed E-state index contributed by atoms with van der Waals surface area (Å²) in [6.07, 6.45) is 2.32. The van der Waals surface area contributed by atoms with Gasteiger partial charge in [-0.05, 0) is 74.1 Å². The Morgan fingerprint density at radius 2 is 1.91 bits per heavy atom. The van der Waals surface area contributed by atoms with Crippen molar-refractivity contribution in [3.8, 4) is 0 Å². The molecular weight excluding hydrogens is 422 g/mol. The second kappa shape index (κ2) is 8.88. The zero-order valence-corrected chi connectivity index (χ0v) is 18.9. The number of hydrogen-bond acceptors (Lipinski definition) is 5. The Labute approximate surface area is 191 Å². The normalized spacial score (nSPS) is 22.0. The van der Waals surface area contributed by atoms with Gasteiger partial charge in [-0.25, -0.2) is 4.79 Å². The number of amides is 3. The van der Waals surface area contributed by atoms with Crippen LogP contribution in [0.5, 0.6) is 0 Å². The van der Waals surface area contributed by atoms with Gasteiger partial charge in [-0.2, -0.15) is 4.37 Å². The number of nitrogens with one attached hydrogen (secondary N) is 3. The molecule has 1 aromatic heterocycles. The minimum atomic E-state index is -0.277. The van der Waals surface area contributed by atoms with E-state index in [-0.39, 0.29) is 18.0 Å². The lowest BCUT2D eigenvalue weighted by molar-refractivity contribution is 0.0623. The minimum absolute atomic E-state index is 0.0483. The maximum absolute atomic E-state index is 12.9. The molecule has 3 aliphatic rings. The summed E-state index contributed by atoms with van der Waals surface area (Å²) in [5.41, 5.74) is 3.59. The van der Waals surface area contributed by atoms with Gasteiger partial charge in [-0.3, -0.25) is 4.79 Å². The molecule has 6 rings (SSSR count). The van der Waals surface area contributed by atoms with Crippen molar-refractivity contribution in [3.63, 3.8) is 0 Å². The highest BCUT2D eigenvalue weighted by molar-refractivity contribution is 7.09. The van der Waals surface area contributed by atoms with Gasteiger partial charge in [-0.15, -0.1) is 0 Å². The minimum Gasteiger partial charge on any atom is -0.347 e. The number of carbonyl (C=O) groups is 2. The number of nitrogens with zero attached hydrogens (tertiary/aromatic N) is 2. The van der Waals surface area contributed by atoms with E-state index in [2.05, 4.69) is 25.2 Å². The lowest BCUT2D eigenvalue weighted by atomic mass is 9.84. The number of rotatable bonds is 5. The molecule has 166 valence electrons. The van der Waals surface area contributed by atoms with Crippen LogP contribution in [0.4, 0.5) is 10.5 Å². The molecule has 3 fully saturated rings. The Bertz CT molecular complexity index is 1140. The van der Waals surface area contributed by atoms with E-state index in [4.69, 9.17) is 0 Å². The number of hydrogen-bond donors (Lipinski definition) is 3. The van der Waals surface area contributed by atoms with Gasteiger partial charge in [0.05, 0.1) is 5.52 Å². The van der Waals surface area contributed by atoms with E-state index in [0.717, 1.165) is 43.4 Å². The highest BCUT2D eigenvalue weighted by Gasteiger charge is 2.35. The third-order valence-corrected chi connectivity index (χ3v) is 7.36. The van der Waals surface area contributed by atoms with Crippen molar-refractivity contribution < 1.29 is 9.59 Å². The first kappa shape index (κ1) is 20.9. The van der Waals surface area contributed by atoms with Crippen LogP contribution in [0.1, 0.15) is 33.6 Å². The molecule has 7 nitrogen and oxygen atoms in total. The summed E-state index contributed by atoms with van der Waals surface area (Å²) in [6, 6.07) is 13.5. The second-order valence-corrected chi connectivity index (χ2v) is 9.53. The van der Waals surface area contributed by atoms with Gasteiger partial charge in [0.1, 0.15) is 4.88 Å². The number of carbonyl (C=O) groups excluding carboxylic acids is 2. The van der Waals surface area contributed by atoms with Crippen molar-refractivity contribution in [2.45, 2.75) is 32.4 Å². The summed E-state index contributed by atoms with van der Waals surface area (Å²) in [5.74, 6) is 0.533. The fourth-order valence-electron chi connectivity index (χ4n) is 4.61. The third-order valence-electron chi connectivity index (χ3n) is 6.49. The quantitative estimate of drug-likeness (QED) is 0.554. The number of benzene rings is 2. The number of aryl methyl sites for hydroxylation is 1. The number of urea groups is 1. The fourth-order valence-corrected chi connectivity index (χ4v) is 5.36. The lowest BCUT2D eigenvalue weighted by Gasteiger charge is -2.44. The fraction of sp³-hybridized carbons (Fsp3) is 0.375. The predicted molar refractivity (Wildman–Crippen MR) is 127 cm³/mol. The zero-order chi connectivity index (χ0) is 22.1. The summed E-state index contributed by atoms with van der Waals surface area (Å²) in [6.45, 7) is 5.73. The van der Waals surface area contributed by atoms with E-state index in [1.165, 1.54) is 17.1 Å². The van der Waals surface area contributed by atoms with Gasteiger partial charge in [0.25, 0.3) is 5.91 Å². The molecule has 8 heteroatoms. The number of anilines is 1. The smallest absolute Gasteiger partial charge is 0.319 e. The summed E-state index contributed by atoms with van der Waals surface area (Å²) in [7, 11) is 0. The largest absolute Gasteiger partial charge is 0.347 e. The van der Waals surface area contributed by atoms with Crippen molar-refractivity contribution in [1.82, 2.24) is 19.9 Å². The molecule has 3 saturated heterocycles. The summed E-state index contributed by atoms with van der Waals surface area (Å²) in [5, 5.41) is 9.76. The molecule has 3 aliphatic heterocycles. The number of fused-ring (bicyclic) bond motifs is 4. The molecule has 3 amide bonds. The average Bonchev–Trinajstić information content (AvgIpc) is 3.23. The van der Waals surface area contributed by atoms with E-state index >= 15 is 0 Å². The summed E-state index contributed by atoms with van der Waals surface area (Å²) in [4.78, 5) is 28.3. The van der Waals surface area contributed by atoms with E-state index in [0.29, 0.717) is 28.5 Å². The van der Waals surface area contributed by atoms with Gasteiger partial charge in [-0.1, -0.05) is 29.8 Å².